The number of aldehydes is 1. The van der Waals surface area contributed by atoms with Gasteiger partial charge < -0.3 is 67.6 Å². The predicted octanol–water partition coefficient (Wildman–Crippen LogP) is 4.62. The number of carbonyl (C=O) groups is 5. The number of para-hydroxylation sites is 1. The van der Waals surface area contributed by atoms with Gasteiger partial charge in [-0.15, -0.1) is 0 Å². The maximum Gasteiger partial charge on any atom is 0.309 e. The number of methoxy groups -OCH3 is 1. The van der Waals surface area contributed by atoms with Crippen molar-refractivity contribution >= 4 is 41.1 Å². The molecule has 2 aromatic rings. The fourth-order valence-corrected chi connectivity index (χ4v) is 10.9. The fraction of sp³-hybridized carbons (Fsp3) is 0.714. The quantitative estimate of drug-likeness (QED) is 0.0797. The highest BCUT2D eigenvalue weighted by molar-refractivity contribution is 5.81. The molecule has 76 heavy (non-hydrogen) atoms. The number of ether oxygens (including phenoxy) is 9. The van der Waals surface area contributed by atoms with Crippen LogP contribution < -0.4 is 0 Å². The van der Waals surface area contributed by atoms with Crippen LogP contribution in [0.4, 0.5) is 0 Å². The zero-order valence-electron chi connectivity index (χ0n) is 46.5. The standard InChI is InChI=1S/C56H85N3O17/c1-13-45(63)73-44-30-47(65)69-33(4)29-42(62)41(59(11)26-17-18-37-23-25-57-40-20-16-15-19-39(37)40)21-22-43(72-36(7)61)32(3)28-38(24-27-60)52(53(44)68-12)76-55-50(66)49(58(9)10)51(34(5)71-55)75-48-31-56(8,67)54(35(6)70-48)74-46(64)14-2/h15-16,19-23,25,27,32-35,38,41-44,48-55,62,66-67H,13-14,17-18,24,26,28-31H2,1-12H3/b22-21+/t32-,33-,34-,35+,38+,41-,42+,43+,44-,48+,49-,50-,51-,52+,53+,54+,55+,56-/m1/s1. The molecule has 20 heteroatoms. The Morgan fingerprint density at radius 1 is 0.895 bits per heavy atom. The number of cyclic esters (lactones) is 1. The molecule has 0 bridgehead atoms. The molecular formula is C56H85N3O17. The number of aromatic nitrogens is 1. The summed E-state index contributed by atoms with van der Waals surface area (Å²) in [6.45, 7) is 13.5. The SMILES string of the molecule is CCC(=O)O[C@@H]1CC(=O)O[C@H](C)C[C@H](O)[C@H](N(C)CCCc2ccnc3ccccc23)/C=C/[C@H](OC(C)=O)[C@H](C)C[C@H](CC=O)[C@H](O[C@@H]2O[C@H](C)[C@@H](O[C@H]3C[C@@](C)(O)[C@@H](OC(=O)CC)[C@H](C)O3)[C@H](N(C)C)[C@H]2O)[C@H]1OC. The summed E-state index contributed by atoms with van der Waals surface area (Å²) in [5.74, 6) is -3.84. The van der Waals surface area contributed by atoms with Crippen LogP contribution in [0.2, 0.25) is 0 Å². The molecule has 3 aliphatic rings. The summed E-state index contributed by atoms with van der Waals surface area (Å²) in [5, 5.41) is 36.8. The number of benzene rings is 1. The number of hydrogen-bond donors (Lipinski definition) is 3. The maximum atomic E-state index is 14.0. The van der Waals surface area contributed by atoms with Gasteiger partial charge in [0, 0.05) is 57.7 Å². The number of pyridine rings is 1. The monoisotopic (exact) mass is 1070 g/mol. The number of aryl methyl sites for hydroxylation is 1. The van der Waals surface area contributed by atoms with Crippen LogP contribution in [0.3, 0.4) is 0 Å². The van der Waals surface area contributed by atoms with Gasteiger partial charge in [-0.05, 0) is 110 Å². The van der Waals surface area contributed by atoms with Crippen molar-refractivity contribution in [1.82, 2.24) is 14.8 Å². The molecule has 0 unspecified atom stereocenters. The van der Waals surface area contributed by atoms with Crippen molar-refractivity contribution in [2.75, 3.05) is 34.8 Å². The van der Waals surface area contributed by atoms with E-state index in [4.69, 9.17) is 42.6 Å². The lowest BCUT2D eigenvalue weighted by Gasteiger charge is -2.50. The van der Waals surface area contributed by atoms with Crippen LogP contribution in [-0.4, -0.2) is 192 Å². The van der Waals surface area contributed by atoms with Crippen LogP contribution in [0, 0.1) is 11.8 Å². The van der Waals surface area contributed by atoms with Crippen LogP contribution in [0.15, 0.2) is 48.7 Å². The van der Waals surface area contributed by atoms with Gasteiger partial charge in [0.1, 0.15) is 48.5 Å². The van der Waals surface area contributed by atoms with Crippen LogP contribution in [0.1, 0.15) is 112 Å². The summed E-state index contributed by atoms with van der Waals surface area (Å²) < 4.78 is 55.6. The molecule has 2 saturated heterocycles. The largest absolute Gasteiger partial charge is 0.462 e. The van der Waals surface area contributed by atoms with Crippen LogP contribution in [0.25, 0.3) is 10.9 Å². The number of fused-ring (bicyclic) bond motifs is 1. The summed E-state index contributed by atoms with van der Waals surface area (Å²) in [7, 11) is 6.71. The van der Waals surface area contributed by atoms with Gasteiger partial charge in [-0.2, -0.15) is 0 Å². The molecule has 18 atom stereocenters. The topological polar surface area (TPSA) is 248 Å². The minimum atomic E-state index is -1.53. The Morgan fingerprint density at radius 2 is 1.59 bits per heavy atom. The Hall–Kier alpha value is -4.48. The van der Waals surface area contributed by atoms with E-state index in [1.165, 1.54) is 14.0 Å². The van der Waals surface area contributed by atoms with Crippen molar-refractivity contribution in [1.29, 1.82) is 0 Å². The summed E-state index contributed by atoms with van der Waals surface area (Å²) in [6, 6.07) is 8.47. The van der Waals surface area contributed by atoms with Gasteiger partial charge in [0.15, 0.2) is 18.7 Å². The van der Waals surface area contributed by atoms with E-state index in [9.17, 15) is 39.3 Å². The number of rotatable bonds is 18. The summed E-state index contributed by atoms with van der Waals surface area (Å²) >= 11 is 0. The van der Waals surface area contributed by atoms with Crippen LogP contribution in [-0.2, 0) is 73.0 Å². The van der Waals surface area contributed by atoms with E-state index < -0.39 is 140 Å². The molecule has 20 nitrogen and oxygen atoms in total. The number of likely N-dealkylation sites (N-methyl/N-ethyl adjacent to an activating group) is 2. The van der Waals surface area contributed by atoms with E-state index in [1.54, 1.807) is 78.9 Å². The lowest BCUT2D eigenvalue weighted by atomic mass is 9.82. The first-order chi connectivity index (χ1) is 36.0. The minimum Gasteiger partial charge on any atom is -0.462 e. The maximum absolute atomic E-state index is 14.0. The molecule has 0 saturated carbocycles. The van der Waals surface area contributed by atoms with Crippen molar-refractivity contribution in [3.05, 3.63) is 54.2 Å². The molecule has 4 heterocycles. The molecule has 0 radical (unpaired) electrons. The number of esters is 4. The van der Waals surface area contributed by atoms with Crippen molar-refractivity contribution in [2.24, 2.45) is 11.8 Å². The zero-order chi connectivity index (χ0) is 56.0. The van der Waals surface area contributed by atoms with Crippen molar-refractivity contribution in [3.8, 4) is 0 Å². The van der Waals surface area contributed by atoms with Gasteiger partial charge in [0.2, 0.25) is 0 Å². The zero-order valence-corrected chi connectivity index (χ0v) is 46.5. The third-order valence-corrected chi connectivity index (χ3v) is 14.8. The molecular weight excluding hydrogens is 987 g/mol. The van der Waals surface area contributed by atoms with Crippen molar-refractivity contribution in [3.63, 3.8) is 0 Å². The Morgan fingerprint density at radius 3 is 2.24 bits per heavy atom. The third-order valence-electron chi connectivity index (χ3n) is 14.8. The average Bonchev–Trinajstić information content (AvgIpc) is 3.35. The lowest BCUT2D eigenvalue weighted by Crippen LogP contribution is -2.66. The fourth-order valence-electron chi connectivity index (χ4n) is 10.9. The molecule has 3 N–H and O–H groups in total. The smallest absolute Gasteiger partial charge is 0.309 e. The molecule has 0 amide bonds. The first-order valence-corrected chi connectivity index (χ1v) is 26.8. The van der Waals surface area contributed by atoms with Gasteiger partial charge in [-0.3, -0.25) is 29.1 Å². The van der Waals surface area contributed by atoms with E-state index >= 15 is 0 Å². The molecule has 1 aromatic carbocycles. The minimum absolute atomic E-state index is 0.0150. The van der Waals surface area contributed by atoms with Gasteiger partial charge in [0.05, 0.1) is 48.4 Å². The number of aliphatic hydroxyl groups excluding tert-OH is 2. The van der Waals surface area contributed by atoms with Crippen molar-refractivity contribution < 1.29 is 81.9 Å². The first-order valence-electron chi connectivity index (χ1n) is 26.8. The summed E-state index contributed by atoms with van der Waals surface area (Å²) in [6.07, 6.45) is -7.11. The van der Waals surface area contributed by atoms with Crippen LogP contribution >= 0.6 is 0 Å². The number of aliphatic hydroxyl groups is 3. The Bertz CT molecular complexity index is 2220. The van der Waals surface area contributed by atoms with Crippen LogP contribution in [0.5, 0.6) is 0 Å². The second-order valence-electron chi connectivity index (χ2n) is 21.2. The molecule has 2 fully saturated rings. The van der Waals surface area contributed by atoms with E-state index in [0.29, 0.717) is 12.8 Å². The number of carbonyl (C=O) groups excluding carboxylic acids is 5. The van der Waals surface area contributed by atoms with Gasteiger partial charge in [-0.25, -0.2) is 0 Å². The van der Waals surface area contributed by atoms with Gasteiger partial charge >= 0.3 is 23.9 Å². The van der Waals surface area contributed by atoms with Gasteiger partial charge in [0.25, 0.3) is 0 Å². The average molecular weight is 1070 g/mol. The second kappa shape index (κ2) is 28.9. The molecule has 0 spiro atoms. The van der Waals surface area contributed by atoms with Crippen molar-refractivity contribution in [2.45, 2.75) is 211 Å². The Kier molecular flexibility index (Phi) is 23.7. The Balaban J connectivity index is 1.49. The second-order valence-corrected chi connectivity index (χ2v) is 21.2. The van der Waals surface area contributed by atoms with E-state index in [2.05, 4.69) is 4.98 Å². The highest BCUT2D eigenvalue weighted by atomic mass is 16.7. The molecule has 0 aliphatic carbocycles. The van der Waals surface area contributed by atoms with Gasteiger partial charge in [-0.1, -0.05) is 45.0 Å². The number of nitrogens with zero attached hydrogens (tertiary/aromatic N) is 3. The number of hydrogen-bond acceptors (Lipinski definition) is 20. The summed E-state index contributed by atoms with van der Waals surface area (Å²) in [4.78, 5) is 73.4. The first kappa shape index (κ1) is 62.4. The molecule has 426 valence electrons. The highest BCUT2D eigenvalue weighted by Gasteiger charge is 2.53. The lowest BCUT2D eigenvalue weighted by molar-refractivity contribution is -0.344. The molecule has 3 aliphatic heterocycles. The summed E-state index contributed by atoms with van der Waals surface area (Å²) in [5.41, 5.74) is 0.511. The highest BCUT2D eigenvalue weighted by Crippen LogP contribution is 2.38. The molecule has 1 aromatic heterocycles. The van der Waals surface area contributed by atoms with E-state index in [-0.39, 0.29) is 38.5 Å². The predicted molar refractivity (Wildman–Crippen MR) is 278 cm³/mol. The Labute approximate surface area is 448 Å². The normalized spacial score (nSPS) is 35.5. The third kappa shape index (κ3) is 16.8. The molecule has 5 rings (SSSR count). The van der Waals surface area contributed by atoms with E-state index in [0.717, 1.165) is 29.3 Å². The van der Waals surface area contributed by atoms with E-state index in [1.807, 2.05) is 49.2 Å².